The highest BCUT2D eigenvalue weighted by Gasteiger charge is 2.41. The summed E-state index contributed by atoms with van der Waals surface area (Å²) in [5.41, 5.74) is 0.260. The van der Waals surface area contributed by atoms with Gasteiger partial charge in [0, 0.05) is 53.3 Å². The zero-order valence-electron chi connectivity index (χ0n) is 16.6. The second-order valence-corrected chi connectivity index (χ2v) is 8.53. The molecule has 7 nitrogen and oxygen atoms in total. The quantitative estimate of drug-likeness (QED) is 0.804. The number of likely N-dealkylation sites (tertiary alicyclic amines) is 1. The molecule has 1 atom stereocenters. The first-order valence-electron chi connectivity index (χ1n) is 10.2. The van der Waals surface area contributed by atoms with Crippen LogP contribution >= 0.6 is 0 Å². The largest absolute Gasteiger partial charge is 0.376 e. The summed E-state index contributed by atoms with van der Waals surface area (Å²) in [5, 5.41) is 0. The van der Waals surface area contributed by atoms with E-state index in [2.05, 4.69) is 14.8 Å². The molecule has 7 heteroatoms. The number of aromatic nitrogens is 2. The summed E-state index contributed by atoms with van der Waals surface area (Å²) in [5.74, 6) is 2.15. The predicted molar refractivity (Wildman–Crippen MR) is 105 cm³/mol. The molecular formula is C20H31N5O2. The van der Waals surface area contributed by atoms with Crippen LogP contribution in [0.2, 0.25) is 0 Å². The molecule has 4 heterocycles. The van der Waals surface area contributed by atoms with E-state index < -0.39 is 0 Å². The lowest BCUT2D eigenvalue weighted by molar-refractivity contribution is -0.140. The van der Waals surface area contributed by atoms with Crippen LogP contribution in [0.3, 0.4) is 0 Å². The number of anilines is 2. The molecule has 3 aliphatic rings. The van der Waals surface area contributed by atoms with E-state index in [1.165, 1.54) is 0 Å². The van der Waals surface area contributed by atoms with Crippen LogP contribution in [0.4, 0.5) is 11.6 Å². The third kappa shape index (κ3) is 4.03. The lowest BCUT2D eigenvalue weighted by Gasteiger charge is -2.48. The zero-order valence-corrected chi connectivity index (χ0v) is 16.6. The summed E-state index contributed by atoms with van der Waals surface area (Å²) < 4.78 is 5.76. The van der Waals surface area contributed by atoms with Crippen LogP contribution in [0, 0.1) is 5.41 Å². The van der Waals surface area contributed by atoms with Gasteiger partial charge in [-0.3, -0.25) is 9.78 Å². The first-order chi connectivity index (χ1) is 13.0. The summed E-state index contributed by atoms with van der Waals surface area (Å²) in [7, 11) is 3.97. The van der Waals surface area contributed by atoms with Gasteiger partial charge in [-0.1, -0.05) is 0 Å². The summed E-state index contributed by atoms with van der Waals surface area (Å²) in [4.78, 5) is 27.9. The smallest absolute Gasteiger partial charge is 0.222 e. The Hall–Kier alpha value is -1.89. The molecule has 27 heavy (non-hydrogen) atoms. The minimum absolute atomic E-state index is 0.244. The number of hydrogen-bond acceptors (Lipinski definition) is 6. The van der Waals surface area contributed by atoms with Crippen molar-refractivity contribution in [3.8, 4) is 0 Å². The molecule has 0 bridgehead atoms. The van der Waals surface area contributed by atoms with Crippen molar-refractivity contribution >= 4 is 17.5 Å². The van der Waals surface area contributed by atoms with Crippen LogP contribution in [0.25, 0.3) is 0 Å². The number of piperidine rings is 2. The number of carbonyl (C=O) groups is 1. The molecular weight excluding hydrogens is 342 g/mol. The average molecular weight is 374 g/mol. The first-order valence-corrected chi connectivity index (χ1v) is 10.2. The zero-order chi connectivity index (χ0) is 18.9. The second kappa shape index (κ2) is 7.62. The number of carbonyl (C=O) groups excluding carboxylic acids is 1. The lowest BCUT2D eigenvalue weighted by atomic mass is 9.72. The molecule has 1 aromatic rings. The monoisotopic (exact) mass is 373 g/mol. The number of nitrogens with zero attached hydrogens (tertiary/aromatic N) is 5. The molecule has 3 fully saturated rings. The minimum Gasteiger partial charge on any atom is -0.376 e. The van der Waals surface area contributed by atoms with Crippen molar-refractivity contribution in [2.24, 2.45) is 5.41 Å². The van der Waals surface area contributed by atoms with Crippen LogP contribution in [0.1, 0.15) is 38.5 Å². The second-order valence-electron chi connectivity index (χ2n) is 8.53. The third-order valence-corrected chi connectivity index (χ3v) is 6.41. The van der Waals surface area contributed by atoms with E-state index in [0.717, 1.165) is 76.5 Å². The van der Waals surface area contributed by atoms with Gasteiger partial charge in [-0.15, -0.1) is 0 Å². The SMILES string of the molecule is CN(C)c1cncc(N2CCC3(CCC(=O)N(C[C@H]4CCCO4)C3)CC2)n1. The lowest BCUT2D eigenvalue weighted by Crippen LogP contribution is -2.53. The Labute approximate surface area is 161 Å². The predicted octanol–water partition coefficient (Wildman–Crippen LogP) is 1.93. The summed E-state index contributed by atoms with van der Waals surface area (Å²) in [6.07, 6.45) is 10.0. The van der Waals surface area contributed by atoms with Crippen molar-refractivity contribution in [1.29, 1.82) is 0 Å². The summed E-state index contributed by atoms with van der Waals surface area (Å²) in [6, 6.07) is 0. The standard InChI is InChI=1S/C20H31N5O2/c1-23(2)17-12-21-13-18(22-17)24-9-7-20(8-10-24)6-5-19(26)25(15-20)14-16-4-3-11-27-16/h12-13,16H,3-11,14-15H2,1-2H3/t16-/m1/s1. The number of ether oxygens (including phenoxy) is 1. The minimum atomic E-state index is 0.244. The molecule has 0 radical (unpaired) electrons. The van der Waals surface area contributed by atoms with Crippen LogP contribution in [-0.2, 0) is 9.53 Å². The molecule has 1 amide bonds. The Morgan fingerprint density at radius 2 is 2.07 bits per heavy atom. The molecule has 1 spiro atoms. The molecule has 4 rings (SSSR count). The highest BCUT2D eigenvalue weighted by atomic mass is 16.5. The Bertz CT molecular complexity index is 666. The van der Waals surface area contributed by atoms with Crippen molar-refractivity contribution in [3.63, 3.8) is 0 Å². The fraction of sp³-hybridized carbons (Fsp3) is 0.750. The molecule has 3 saturated heterocycles. The van der Waals surface area contributed by atoms with E-state index in [1.807, 2.05) is 25.2 Å². The Kier molecular flexibility index (Phi) is 5.21. The fourth-order valence-corrected chi connectivity index (χ4v) is 4.63. The molecule has 0 aliphatic carbocycles. The topological polar surface area (TPSA) is 61.8 Å². The van der Waals surface area contributed by atoms with Crippen molar-refractivity contribution in [2.75, 3.05) is 56.7 Å². The first kappa shape index (κ1) is 18.5. The maximum Gasteiger partial charge on any atom is 0.222 e. The van der Waals surface area contributed by atoms with Gasteiger partial charge in [0.25, 0.3) is 0 Å². The van der Waals surface area contributed by atoms with Gasteiger partial charge < -0.3 is 19.4 Å². The van der Waals surface area contributed by atoms with Crippen LogP contribution in [0.5, 0.6) is 0 Å². The third-order valence-electron chi connectivity index (χ3n) is 6.41. The van der Waals surface area contributed by atoms with Crippen molar-refractivity contribution < 1.29 is 9.53 Å². The normalized spacial score (nSPS) is 25.3. The molecule has 1 aromatic heterocycles. The molecule has 148 valence electrons. The van der Waals surface area contributed by atoms with E-state index in [9.17, 15) is 4.79 Å². The maximum absolute atomic E-state index is 12.4. The van der Waals surface area contributed by atoms with Gasteiger partial charge in [0.1, 0.15) is 11.6 Å². The number of rotatable bonds is 4. The van der Waals surface area contributed by atoms with Crippen LogP contribution in [0.15, 0.2) is 12.4 Å². The highest BCUT2D eigenvalue weighted by molar-refractivity contribution is 5.77. The summed E-state index contributed by atoms with van der Waals surface area (Å²) in [6.45, 7) is 4.48. The van der Waals surface area contributed by atoms with Gasteiger partial charge in [0.2, 0.25) is 5.91 Å². The van der Waals surface area contributed by atoms with E-state index >= 15 is 0 Å². The average Bonchev–Trinajstić information content (AvgIpc) is 3.19. The van der Waals surface area contributed by atoms with Gasteiger partial charge in [-0.25, -0.2) is 4.98 Å². The molecule has 0 aromatic carbocycles. The van der Waals surface area contributed by atoms with Crippen molar-refractivity contribution in [3.05, 3.63) is 12.4 Å². The number of hydrogen-bond donors (Lipinski definition) is 0. The van der Waals surface area contributed by atoms with E-state index in [1.54, 1.807) is 6.20 Å². The van der Waals surface area contributed by atoms with Gasteiger partial charge in [-0.2, -0.15) is 0 Å². The molecule has 0 unspecified atom stereocenters. The highest BCUT2D eigenvalue weighted by Crippen LogP contribution is 2.41. The fourth-order valence-electron chi connectivity index (χ4n) is 4.63. The van der Waals surface area contributed by atoms with Gasteiger partial charge >= 0.3 is 0 Å². The number of amides is 1. The van der Waals surface area contributed by atoms with E-state index in [-0.39, 0.29) is 11.5 Å². The van der Waals surface area contributed by atoms with Gasteiger partial charge in [0.15, 0.2) is 0 Å². The van der Waals surface area contributed by atoms with E-state index in [4.69, 9.17) is 9.72 Å². The Balaban J connectivity index is 1.38. The summed E-state index contributed by atoms with van der Waals surface area (Å²) >= 11 is 0. The molecule has 0 saturated carbocycles. The molecule has 0 N–H and O–H groups in total. The van der Waals surface area contributed by atoms with Crippen LogP contribution < -0.4 is 9.80 Å². The van der Waals surface area contributed by atoms with Crippen molar-refractivity contribution in [2.45, 2.75) is 44.6 Å². The van der Waals surface area contributed by atoms with Crippen molar-refractivity contribution in [1.82, 2.24) is 14.9 Å². The van der Waals surface area contributed by atoms with Gasteiger partial charge in [0.05, 0.1) is 18.5 Å². The Morgan fingerprint density at radius 1 is 1.26 bits per heavy atom. The van der Waals surface area contributed by atoms with Gasteiger partial charge in [-0.05, 0) is 37.5 Å². The van der Waals surface area contributed by atoms with Crippen LogP contribution in [-0.4, -0.2) is 73.8 Å². The maximum atomic E-state index is 12.4. The Morgan fingerprint density at radius 3 is 2.78 bits per heavy atom. The van der Waals surface area contributed by atoms with E-state index in [0.29, 0.717) is 12.3 Å². The molecule has 3 aliphatic heterocycles.